The van der Waals surface area contributed by atoms with Crippen LogP contribution in [0.5, 0.6) is 5.75 Å². The smallest absolute Gasteiger partial charge is 0.407 e. The predicted molar refractivity (Wildman–Crippen MR) is 137 cm³/mol. The molecular weight excluding hydrogens is 468 g/mol. The number of halogens is 1. The highest BCUT2D eigenvalue weighted by atomic mass is 35.5. The largest absolute Gasteiger partial charge is 0.508 e. The molecule has 0 radical (unpaired) electrons. The second-order valence-electron chi connectivity index (χ2n) is 10.0. The van der Waals surface area contributed by atoms with Crippen molar-refractivity contribution in [3.63, 3.8) is 0 Å². The third kappa shape index (κ3) is 3.56. The molecule has 4 N–H and O–H groups in total. The number of nitrogens with zero attached hydrogens (tertiary/aromatic N) is 3. The number of phenols is 1. The molecule has 8 nitrogen and oxygen atoms in total. The van der Waals surface area contributed by atoms with E-state index in [4.69, 9.17) is 17.3 Å². The fourth-order valence-electron chi connectivity index (χ4n) is 5.24. The molecule has 5 rings (SSSR count). The van der Waals surface area contributed by atoms with Crippen LogP contribution in [-0.4, -0.2) is 43.3 Å². The lowest BCUT2D eigenvalue weighted by Crippen LogP contribution is -2.64. The highest BCUT2D eigenvalue weighted by Gasteiger charge is 2.49. The van der Waals surface area contributed by atoms with Crippen molar-refractivity contribution >= 4 is 45.1 Å². The van der Waals surface area contributed by atoms with Gasteiger partial charge in [0.1, 0.15) is 5.75 Å². The zero-order valence-electron chi connectivity index (χ0n) is 19.5. The van der Waals surface area contributed by atoms with Crippen molar-refractivity contribution in [2.75, 3.05) is 12.3 Å². The van der Waals surface area contributed by atoms with Gasteiger partial charge in [0.15, 0.2) is 0 Å². The molecule has 0 saturated carbocycles. The first-order chi connectivity index (χ1) is 16.5. The van der Waals surface area contributed by atoms with Gasteiger partial charge >= 0.3 is 6.09 Å². The van der Waals surface area contributed by atoms with E-state index >= 15 is 0 Å². The lowest BCUT2D eigenvalue weighted by Gasteiger charge is -2.52. The lowest BCUT2D eigenvalue weighted by molar-refractivity contribution is -0.0289. The minimum Gasteiger partial charge on any atom is -0.508 e. The van der Waals surface area contributed by atoms with Crippen LogP contribution >= 0.6 is 11.6 Å². The van der Waals surface area contributed by atoms with Crippen LogP contribution in [0.25, 0.3) is 32.8 Å². The maximum Gasteiger partial charge on any atom is 0.407 e. The van der Waals surface area contributed by atoms with Crippen LogP contribution < -0.4 is 11.3 Å². The minimum absolute atomic E-state index is 0.0684. The number of carboxylic acid groups (broad SMARTS) is 1. The number of amides is 1. The number of aromatic hydroxyl groups is 1. The van der Waals surface area contributed by atoms with Crippen LogP contribution in [0.2, 0.25) is 5.02 Å². The van der Waals surface area contributed by atoms with E-state index in [-0.39, 0.29) is 51.4 Å². The molecule has 0 spiro atoms. The SMILES string of the molecule is CC(C)(C)C1C(n2cnc3c(Cl)c(-c4cc(O)cc5ccccc45)c(N)cc3c2=O)CN1C(=O)O. The topological polar surface area (TPSA) is 122 Å². The molecule has 1 aromatic heterocycles. The van der Waals surface area contributed by atoms with Crippen molar-refractivity contribution in [1.82, 2.24) is 14.5 Å². The Labute approximate surface area is 206 Å². The van der Waals surface area contributed by atoms with E-state index in [1.807, 2.05) is 45.0 Å². The molecule has 1 saturated heterocycles. The van der Waals surface area contributed by atoms with Gasteiger partial charge in [0.2, 0.25) is 0 Å². The molecule has 0 aliphatic carbocycles. The fourth-order valence-corrected chi connectivity index (χ4v) is 5.60. The van der Waals surface area contributed by atoms with E-state index in [1.54, 1.807) is 18.2 Å². The number of carbonyl (C=O) groups is 1. The summed E-state index contributed by atoms with van der Waals surface area (Å²) in [5.41, 5.74) is 7.42. The molecule has 0 bridgehead atoms. The molecule has 4 aromatic rings. The van der Waals surface area contributed by atoms with E-state index in [0.717, 1.165) is 10.8 Å². The van der Waals surface area contributed by atoms with Crippen molar-refractivity contribution in [1.29, 1.82) is 0 Å². The van der Waals surface area contributed by atoms with Gasteiger partial charge in [0.25, 0.3) is 5.56 Å². The predicted octanol–water partition coefficient (Wildman–Crippen LogP) is 5.11. The van der Waals surface area contributed by atoms with Crippen LogP contribution in [0.3, 0.4) is 0 Å². The number of nitrogen functional groups attached to an aromatic ring is 1. The summed E-state index contributed by atoms with van der Waals surface area (Å²) < 4.78 is 1.48. The number of nitrogens with two attached hydrogens (primary N) is 1. The zero-order valence-corrected chi connectivity index (χ0v) is 20.2. The molecule has 3 aromatic carbocycles. The molecule has 2 atom stereocenters. The van der Waals surface area contributed by atoms with Crippen molar-refractivity contribution in [3.05, 3.63) is 64.2 Å². The number of hydrogen-bond donors (Lipinski definition) is 3. The standard InChI is InChI=1S/C26H25ClN4O4/c1-26(2,3)23-19(11-30(23)25(34)35)31-12-29-22-17(24(31)33)10-18(28)20(21(22)27)16-9-14(32)8-13-6-4-5-7-15(13)16/h4-10,12,19,23,32H,11,28H2,1-3H3,(H,34,35). The summed E-state index contributed by atoms with van der Waals surface area (Å²) in [6.45, 7) is 6.03. The molecule has 1 aliphatic heterocycles. The van der Waals surface area contributed by atoms with Gasteiger partial charge in [-0.25, -0.2) is 9.78 Å². The monoisotopic (exact) mass is 492 g/mol. The number of rotatable bonds is 2. The summed E-state index contributed by atoms with van der Waals surface area (Å²) in [4.78, 5) is 31.0. The van der Waals surface area contributed by atoms with Crippen molar-refractivity contribution in [2.24, 2.45) is 5.41 Å². The highest BCUT2D eigenvalue weighted by Crippen LogP contribution is 2.43. The average Bonchev–Trinajstić information content (AvgIpc) is 2.73. The maximum absolute atomic E-state index is 13.5. The number of anilines is 1. The molecule has 2 heterocycles. The first kappa shape index (κ1) is 23.0. The number of aromatic nitrogens is 2. The van der Waals surface area contributed by atoms with Crippen molar-refractivity contribution in [2.45, 2.75) is 32.9 Å². The molecule has 9 heteroatoms. The van der Waals surface area contributed by atoms with E-state index in [1.165, 1.54) is 15.8 Å². The van der Waals surface area contributed by atoms with Gasteiger partial charge in [-0.05, 0) is 39.9 Å². The van der Waals surface area contributed by atoms with Gasteiger partial charge in [-0.3, -0.25) is 9.36 Å². The van der Waals surface area contributed by atoms with E-state index < -0.39 is 6.09 Å². The number of phenolic OH excluding ortho intramolecular Hbond substituents is 1. The Balaban J connectivity index is 1.69. The third-order valence-electron chi connectivity index (χ3n) is 6.74. The molecular formula is C26H25ClN4O4. The Kier molecular flexibility index (Phi) is 5.18. The van der Waals surface area contributed by atoms with Crippen molar-refractivity contribution < 1.29 is 15.0 Å². The summed E-state index contributed by atoms with van der Waals surface area (Å²) in [7, 11) is 0. The van der Waals surface area contributed by atoms with Gasteiger partial charge in [-0.15, -0.1) is 0 Å². The summed E-state index contributed by atoms with van der Waals surface area (Å²) in [6, 6.07) is 11.6. The molecule has 2 unspecified atom stereocenters. The molecule has 180 valence electrons. The number of benzene rings is 3. The molecule has 35 heavy (non-hydrogen) atoms. The summed E-state index contributed by atoms with van der Waals surface area (Å²) in [5.74, 6) is 0.0684. The van der Waals surface area contributed by atoms with Gasteiger partial charge in [0, 0.05) is 17.8 Å². The van der Waals surface area contributed by atoms with Crippen LogP contribution in [-0.2, 0) is 0 Å². The van der Waals surface area contributed by atoms with Crippen LogP contribution in [0.1, 0.15) is 26.8 Å². The Morgan fingerprint density at radius 3 is 2.57 bits per heavy atom. The van der Waals surface area contributed by atoms with Crippen molar-refractivity contribution in [3.8, 4) is 16.9 Å². The first-order valence-electron chi connectivity index (χ1n) is 11.2. The zero-order chi connectivity index (χ0) is 25.2. The number of fused-ring (bicyclic) bond motifs is 2. The molecule has 1 amide bonds. The Morgan fingerprint density at radius 2 is 1.89 bits per heavy atom. The average molecular weight is 493 g/mol. The first-order valence-corrected chi connectivity index (χ1v) is 11.6. The third-order valence-corrected chi connectivity index (χ3v) is 7.11. The summed E-state index contributed by atoms with van der Waals surface area (Å²) >= 11 is 6.79. The van der Waals surface area contributed by atoms with Gasteiger partial charge in [-0.1, -0.05) is 56.6 Å². The normalized spacial score (nSPS) is 18.1. The van der Waals surface area contributed by atoms with E-state index in [2.05, 4.69) is 4.98 Å². The number of hydrogen-bond acceptors (Lipinski definition) is 5. The van der Waals surface area contributed by atoms with Crippen LogP contribution in [0, 0.1) is 5.41 Å². The minimum atomic E-state index is -1.02. The molecule has 1 aliphatic rings. The van der Waals surface area contributed by atoms with E-state index in [9.17, 15) is 19.8 Å². The van der Waals surface area contributed by atoms with Gasteiger partial charge in [0.05, 0.1) is 34.3 Å². The lowest BCUT2D eigenvalue weighted by atomic mass is 9.76. The summed E-state index contributed by atoms with van der Waals surface area (Å²) in [5, 5.41) is 22.0. The Bertz CT molecular complexity index is 1570. The molecule has 1 fully saturated rings. The maximum atomic E-state index is 13.5. The Morgan fingerprint density at radius 1 is 1.17 bits per heavy atom. The number of likely N-dealkylation sites (tertiary alicyclic amines) is 1. The van der Waals surface area contributed by atoms with E-state index in [0.29, 0.717) is 16.6 Å². The highest BCUT2D eigenvalue weighted by molar-refractivity contribution is 6.39. The fraction of sp³-hybridized carbons (Fsp3) is 0.269. The summed E-state index contributed by atoms with van der Waals surface area (Å²) in [6.07, 6.45) is 0.415. The van der Waals surface area contributed by atoms with Gasteiger partial charge < -0.3 is 20.8 Å². The van der Waals surface area contributed by atoms with Crippen LogP contribution in [0.15, 0.2) is 53.6 Å². The van der Waals surface area contributed by atoms with Gasteiger partial charge in [-0.2, -0.15) is 0 Å². The second kappa shape index (κ2) is 7.88. The van der Waals surface area contributed by atoms with Crippen LogP contribution in [0.4, 0.5) is 10.5 Å². The quantitative estimate of drug-likeness (QED) is 0.334. The second-order valence-corrected chi connectivity index (χ2v) is 10.4. The Hall–Kier alpha value is -3.78.